The Morgan fingerprint density at radius 2 is 1.72 bits per heavy atom. The van der Waals surface area contributed by atoms with Gasteiger partial charge in [-0.15, -0.1) is 0 Å². The van der Waals surface area contributed by atoms with Gasteiger partial charge in [-0.3, -0.25) is 0 Å². The fourth-order valence-electron chi connectivity index (χ4n) is 3.59. The molecule has 25 heavy (non-hydrogen) atoms. The number of aliphatic hydroxyl groups is 1. The van der Waals surface area contributed by atoms with Gasteiger partial charge in [-0.2, -0.15) is 0 Å². The van der Waals surface area contributed by atoms with E-state index in [1.807, 2.05) is 6.08 Å². The second kappa shape index (κ2) is 5.80. The number of aryl methyl sites for hydroxylation is 1. The maximum Gasteiger partial charge on any atom is 0.136 e. The van der Waals surface area contributed by atoms with Crippen molar-refractivity contribution in [3.8, 4) is 0 Å². The van der Waals surface area contributed by atoms with Crippen LogP contribution in [0.2, 0.25) is 0 Å². The molecule has 0 saturated heterocycles. The molecule has 0 radical (unpaired) electrons. The number of fused-ring (bicyclic) bond motifs is 7. The van der Waals surface area contributed by atoms with Crippen LogP contribution in [0, 0.1) is 6.92 Å². The topological polar surface area (TPSA) is 49.2 Å². The lowest BCUT2D eigenvalue weighted by molar-refractivity contribution is 0.399. The van der Waals surface area contributed by atoms with Gasteiger partial charge in [0.25, 0.3) is 0 Å². The Balaban J connectivity index is 0.000000758. The van der Waals surface area contributed by atoms with E-state index in [1.165, 1.54) is 21.7 Å². The Kier molecular flexibility index (Phi) is 3.59. The van der Waals surface area contributed by atoms with Crippen molar-refractivity contribution in [2.45, 2.75) is 6.92 Å². The predicted octanol–water partition coefficient (Wildman–Crippen LogP) is 5.78. The molecule has 0 amide bonds. The van der Waals surface area contributed by atoms with E-state index in [2.05, 4.69) is 67.0 Å². The number of rotatable bonds is 1. The molecule has 3 heteroatoms. The quantitative estimate of drug-likeness (QED) is 0.409. The van der Waals surface area contributed by atoms with Gasteiger partial charge < -0.3 is 14.5 Å². The van der Waals surface area contributed by atoms with Crippen molar-refractivity contribution in [1.29, 1.82) is 0 Å². The zero-order valence-corrected chi connectivity index (χ0v) is 14.3. The molecule has 3 nitrogen and oxygen atoms in total. The fourth-order valence-corrected chi connectivity index (χ4v) is 3.59. The lowest BCUT2D eigenvalue weighted by Gasteiger charge is -2.00. The van der Waals surface area contributed by atoms with Crippen LogP contribution in [-0.4, -0.2) is 17.2 Å². The Bertz CT molecular complexity index is 1240. The van der Waals surface area contributed by atoms with Gasteiger partial charge in [-0.05, 0) is 48.4 Å². The summed E-state index contributed by atoms with van der Waals surface area (Å²) >= 11 is 0. The number of hydrogen-bond acceptors (Lipinski definition) is 2. The number of aliphatic hydroxyl groups excluding tert-OH is 1. The summed E-state index contributed by atoms with van der Waals surface area (Å²) in [7, 11) is 1.00. The highest BCUT2D eigenvalue weighted by Crippen LogP contribution is 2.39. The van der Waals surface area contributed by atoms with E-state index in [0.29, 0.717) is 0 Å². The fraction of sp³-hybridized carbons (Fsp3) is 0.0909. The number of H-pyrrole nitrogens is 1. The number of aromatic nitrogens is 1. The standard InChI is InChI=1S/C21H15NO.CH4O/c1-3-13-11-15-19(10-12(13)2)23-18-9-8-17-20(21(15)18)14-6-4-5-7-16(14)22-17;1-2/h3-11,22H,1H2,2H3;2H,1H3. The molecule has 2 heterocycles. The average molecular weight is 329 g/mol. The normalized spacial score (nSPS) is 11.2. The number of nitrogens with one attached hydrogen (secondary N) is 1. The Morgan fingerprint density at radius 1 is 0.920 bits per heavy atom. The Labute approximate surface area is 145 Å². The van der Waals surface area contributed by atoms with Crippen LogP contribution in [0.4, 0.5) is 0 Å². The smallest absolute Gasteiger partial charge is 0.136 e. The first-order valence-corrected chi connectivity index (χ1v) is 8.20. The number of hydrogen-bond donors (Lipinski definition) is 2. The SMILES string of the molecule is C=Cc1cc2c(cc1C)oc1ccc3[nH]c4ccccc4c3c12.CO. The summed E-state index contributed by atoms with van der Waals surface area (Å²) in [5.74, 6) is 0. The molecule has 5 aromatic rings. The summed E-state index contributed by atoms with van der Waals surface area (Å²) in [4.78, 5) is 3.50. The summed E-state index contributed by atoms with van der Waals surface area (Å²) < 4.78 is 6.11. The molecular formula is C22H19NO2. The third kappa shape index (κ3) is 2.17. The highest BCUT2D eigenvalue weighted by atomic mass is 16.3. The van der Waals surface area contributed by atoms with Crippen molar-refractivity contribution in [1.82, 2.24) is 4.98 Å². The van der Waals surface area contributed by atoms with Gasteiger partial charge in [-0.1, -0.05) is 30.9 Å². The molecule has 0 spiro atoms. The summed E-state index contributed by atoms with van der Waals surface area (Å²) in [6.45, 7) is 6.02. The number of para-hydroxylation sites is 1. The van der Waals surface area contributed by atoms with Crippen LogP contribution in [0.25, 0.3) is 49.8 Å². The zero-order chi connectivity index (χ0) is 17.6. The van der Waals surface area contributed by atoms with Gasteiger partial charge in [0.15, 0.2) is 0 Å². The number of furan rings is 1. The molecule has 3 aromatic carbocycles. The minimum atomic E-state index is 0.929. The van der Waals surface area contributed by atoms with Crippen LogP contribution in [0.5, 0.6) is 0 Å². The molecule has 0 unspecified atom stereocenters. The molecule has 0 aliphatic rings. The Hall–Kier alpha value is -3.04. The number of aromatic amines is 1. The molecule has 0 atom stereocenters. The molecule has 124 valence electrons. The van der Waals surface area contributed by atoms with E-state index in [1.54, 1.807) is 0 Å². The van der Waals surface area contributed by atoms with Crippen molar-refractivity contribution in [2.24, 2.45) is 0 Å². The summed E-state index contributed by atoms with van der Waals surface area (Å²) in [5.41, 5.74) is 6.49. The molecule has 2 aromatic heterocycles. The van der Waals surface area contributed by atoms with Crippen LogP contribution >= 0.6 is 0 Å². The first kappa shape index (κ1) is 15.5. The third-order valence-electron chi connectivity index (χ3n) is 4.71. The van der Waals surface area contributed by atoms with Gasteiger partial charge in [0.1, 0.15) is 11.2 Å². The second-order valence-electron chi connectivity index (χ2n) is 6.04. The molecule has 0 saturated carbocycles. The van der Waals surface area contributed by atoms with E-state index < -0.39 is 0 Å². The van der Waals surface area contributed by atoms with E-state index in [-0.39, 0.29) is 0 Å². The maximum absolute atomic E-state index is 7.00. The van der Waals surface area contributed by atoms with Gasteiger partial charge in [0.05, 0.1) is 0 Å². The molecule has 0 fully saturated rings. The van der Waals surface area contributed by atoms with Crippen molar-refractivity contribution in [2.75, 3.05) is 7.11 Å². The van der Waals surface area contributed by atoms with Gasteiger partial charge in [-0.25, -0.2) is 0 Å². The van der Waals surface area contributed by atoms with Crippen LogP contribution < -0.4 is 0 Å². The number of benzene rings is 3. The van der Waals surface area contributed by atoms with E-state index in [9.17, 15) is 0 Å². The average Bonchev–Trinajstić information content (AvgIpc) is 3.19. The second-order valence-corrected chi connectivity index (χ2v) is 6.04. The van der Waals surface area contributed by atoms with Gasteiger partial charge in [0.2, 0.25) is 0 Å². The maximum atomic E-state index is 7.00. The summed E-state index contributed by atoms with van der Waals surface area (Å²) in [5, 5.41) is 11.8. The first-order valence-electron chi connectivity index (χ1n) is 8.20. The van der Waals surface area contributed by atoms with Gasteiger partial charge >= 0.3 is 0 Å². The molecule has 5 rings (SSSR count). The predicted molar refractivity (Wildman–Crippen MR) is 106 cm³/mol. The highest BCUT2D eigenvalue weighted by Gasteiger charge is 2.15. The largest absolute Gasteiger partial charge is 0.456 e. The van der Waals surface area contributed by atoms with Crippen molar-refractivity contribution < 1.29 is 9.52 Å². The highest BCUT2D eigenvalue weighted by molar-refractivity contribution is 6.26. The molecule has 2 N–H and O–H groups in total. The van der Waals surface area contributed by atoms with Crippen molar-refractivity contribution >= 4 is 49.8 Å². The van der Waals surface area contributed by atoms with Crippen LogP contribution in [0.3, 0.4) is 0 Å². The summed E-state index contributed by atoms with van der Waals surface area (Å²) in [6.07, 6.45) is 1.91. The molecular weight excluding hydrogens is 310 g/mol. The van der Waals surface area contributed by atoms with Crippen LogP contribution in [0.15, 0.2) is 59.5 Å². The third-order valence-corrected chi connectivity index (χ3v) is 4.71. The molecule has 0 bridgehead atoms. The monoisotopic (exact) mass is 329 g/mol. The molecule has 0 aliphatic carbocycles. The summed E-state index contributed by atoms with van der Waals surface area (Å²) in [6, 6.07) is 16.9. The lowest BCUT2D eigenvalue weighted by atomic mass is 10.0. The lowest BCUT2D eigenvalue weighted by Crippen LogP contribution is -1.79. The first-order chi connectivity index (χ1) is 12.3. The van der Waals surface area contributed by atoms with Crippen LogP contribution in [0.1, 0.15) is 11.1 Å². The van der Waals surface area contributed by atoms with E-state index >= 15 is 0 Å². The van der Waals surface area contributed by atoms with Crippen molar-refractivity contribution in [3.05, 3.63) is 66.2 Å². The van der Waals surface area contributed by atoms with Crippen LogP contribution in [-0.2, 0) is 0 Å². The minimum absolute atomic E-state index is 0.929. The Morgan fingerprint density at radius 3 is 2.52 bits per heavy atom. The molecule has 0 aliphatic heterocycles. The van der Waals surface area contributed by atoms with Crippen molar-refractivity contribution in [3.63, 3.8) is 0 Å². The van der Waals surface area contributed by atoms with E-state index in [4.69, 9.17) is 9.52 Å². The van der Waals surface area contributed by atoms with E-state index in [0.717, 1.165) is 40.3 Å². The minimum Gasteiger partial charge on any atom is -0.456 e. The zero-order valence-electron chi connectivity index (χ0n) is 14.3. The van der Waals surface area contributed by atoms with Gasteiger partial charge in [0, 0.05) is 39.7 Å².